The molecule has 0 bridgehead atoms. The van der Waals surface area contributed by atoms with Crippen LogP contribution in [0.2, 0.25) is 0 Å². The van der Waals surface area contributed by atoms with Gasteiger partial charge in [-0.15, -0.1) is 0 Å². The van der Waals surface area contributed by atoms with Crippen LogP contribution in [0.15, 0.2) is 30.3 Å². The number of nitrogens with one attached hydrogen (secondary N) is 1. The average molecular weight is 288 g/mol. The summed E-state index contributed by atoms with van der Waals surface area (Å²) < 4.78 is 0. The highest BCUT2D eigenvalue weighted by Crippen LogP contribution is 2.32. The second kappa shape index (κ2) is 9.22. The van der Waals surface area contributed by atoms with Crippen molar-refractivity contribution in [2.24, 2.45) is 0 Å². The molecule has 21 heavy (non-hydrogen) atoms. The van der Waals surface area contributed by atoms with E-state index in [0.29, 0.717) is 0 Å². The fraction of sp³-hybridized carbons (Fsp3) is 0.684. The Balaban J connectivity index is 1.61. The van der Waals surface area contributed by atoms with Crippen molar-refractivity contribution in [1.29, 1.82) is 0 Å². The number of nitrogens with zero attached hydrogens (tertiary/aromatic N) is 1. The Morgan fingerprint density at radius 3 is 2.29 bits per heavy atom. The fourth-order valence-corrected chi connectivity index (χ4v) is 3.50. The standard InChI is InChI=1S/C19H32N2/c1-3-21(4-2)16-8-15-20-19-13-11-18(12-14-19)17-9-6-5-7-10-17/h5-7,9-10,18-20H,3-4,8,11-16H2,1-2H3. The predicted octanol–water partition coefficient (Wildman–Crippen LogP) is 4.03. The van der Waals surface area contributed by atoms with E-state index in [4.69, 9.17) is 0 Å². The summed E-state index contributed by atoms with van der Waals surface area (Å²) in [5.41, 5.74) is 1.54. The number of hydrogen-bond acceptors (Lipinski definition) is 2. The Bertz CT molecular complexity index is 364. The molecule has 1 aliphatic rings. The first kappa shape index (κ1) is 16.5. The van der Waals surface area contributed by atoms with Crippen LogP contribution in [0.1, 0.15) is 57.4 Å². The summed E-state index contributed by atoms with van der Waals surface area (Å²) in [5, 5.41) is 3.77. The molecule has 0 amide bonds. The highest BCUT2D eigenvalue weighted by Gasteiger charge is 2.21. The van der Waals surface area contributed by atoms with Gasteiger partial charge >= 0.3 is 0 Å². The SMILES string of the molecule is CCN(CC)CCCNC1CCC(c2ccccc2)CC1. The summed E-state index contributed by atoms with van der Waals surface area (Å²) in [6, 6.07) is 11.8. The van der Waals surface area contributed by atoms with Crippen LogP contribution in [0.25, 0.3) is 0 Å². The largest absolute Gasteiger partial charge is 0.314 e. The molecule has 1 fully saturated rings. The van der Waals surface area contributed by atoms with Crippen molar-refractivity contribution in [2.75, 3.05) is 26.2 Å². The van der Waals surface area contributed by atoms with E-state index in [1.54, 1.807) is 0 Å². The highest BCUT2D eigenvalue weighted by atomic mass is 15.1. The van der Waals surface area contributed by atoms with Gasteiger partial charge in [0.05, 0.1) is 0 Å². The van der Waals surface area contributed by atoms with E-state index in [1.165, 1.54) is 63.8 Å². The average Bonchev–Trinajstić information content (AvgIpc) is 2.56. The smallest absolute Gasteiger partial charge is 0.00675 e. The summed E-state index contributed by atoms with van der Waals surface area (Å²) in [5.74, 6) is 0.792. The monoisotopic (exact) mass is 288 g/mol. The van der Waals surface area contributed by atoms with E-state index >= 15 is 0 Å². The third kappa shape index (κ3) is 5.44. The molecule has 2 rings (SSSR count). The minimum atomic E-state index is 0.752. The zero-order chi connectivity index (χ0) is 14.9. The molecular formula is C19H32N2. The Kier molecular flexibility index (Phi) is 7.25. The molecule has 2 nitrogen and oxygen atoms in total. The van der Waals surface area contributed by atoms with Crippen LogP contribution in [0.5, 0.6) is 0 Å². The highest BCUT2D eigenvalue weighted by molar-refractivity contribution is 5.20. The number of hydrogen-bond donors (Lipinski definition) is 1. The lowest BCUT2D eigenvalue weighted by molar-refractivity contribution is 0.287. The van der Waals surface area contributed by atoms with Gasteiger partial charge in [0.2, 0.25) is 0 Å². The first-order valence-corrected chi connectivity index (χ1v) is 8.84. The first-order chi connectivity index (χ1) is 10.3. The molecule has 0 atom stereocenters. The quantitative estimate of drug-likeness (QED) is 0.726. The Hall–Kier alpha value is -0.860. The molecule has 1 N–H and O–H groups in total. The van der Waals surface area contributed by atoms with Crippen LogP contribution in [0, 0.1) is 0 Å². The molecular weight excluding hydrogens is 256 g/mol. The van der Waals surface area contributed by atoms with Gasteiger partial charge in [-0.05, 0) is 69.8 Å². The molecule has 1 saturated carbocycles. The zero-order valence-electron chi connectivity index (χ0n) is 13.9. The molecule has 0 aromatic heterocycles. The number of benzene rings is 1. The summed E-state index contributed by atoms with van der Waals surface area (Å²) in [4.78, 5) is 2.51. The molecule has 1 aliphatic carbocycles. The fourth-order valence-electron chi connectivity index (χ4n) is 3.50. The third-order valence-electron chi connectivity index (χ3n) is 4.98. The van der Waals surface area contributed by atoms with Gasteiger partial charge in [-0.3, -0.25) is 0 Å². The normalized spacial score (nSPS) is 22.6. The molecule has 0 saturated heterocycles. The van der Waals surface area contributed by atoms with Gasteiger partial charge < -0.3 is 10.2 Å². The maximum atomic E-state index is 3.77. The second-order valence-electron chi connectivity index (χ2n) is 6.29. The molecule has 0 spiro atoms. The van der Waals surface area contributed by atoms with Gasteiger partial charge in [-0.1, -0.05) is 44.2 Å². The van der Waals surface area contributed by atoms with E-state index in [-0.39, 0.29) is 0 Å². The van der Waals surface area contributed by atoms with Gasteiger partial charge in [0, 0.05) is 6.04 Å². The van der Waals surface area contributed by atoms with E-state index in [1.807, 2.05) is 0 Å². The predicted molar refractivity (Wildman–Crippen MR) is 91.8 cm³/mol. The topological polar surface area (TPSA) is 15.3 Å². The van der Waals surface area contributed by atoms with Crippen molar-refractivity contribution in [1.82, 2.24) is 10.2 Å². The van der Waals surface area contributed by atoms with Gasteiger partial charge in [0.1, 0.15) is 0 Å². The minimum Gasteiger partial charge on any atom is -0.314 e. The first-order valence-electron chi connectivity index (χ1n) is 8.84. The second-order valence-corrected chi connectivity index (χ2v) is 6.29. The zero-order valence-corrected chi connectivity index (χ0v) is 13.9. The van der Waals surface area contributed by atoms with Gasteiger partial charge in [0.15, 0.2) is 0 Å². The van der Waals surface area contributed by atoms with Crippen LogP contribution >= 0.6 is 0 Å². The lowest BCUT2D eigenvalue weighted by Crippen LogP contribution is -2.35. The van der Waals surface area contributed by atoms with Gasteiger partial charge in [0.25, 0.3) is 0 Å². The molecule has 1 aromatic rings. The van der Waals surface area contributed by atoms with Crippen molar-refractivity contribution in [3.05, 3.63) is 35.9 Å². The van der Waals surface area contributed by atoms with E-state index < -0.39 is 0 Å². The minimum absolute atomic E-state index is 0.752. The van der Waals surface area contributed by atoms with Crippen LogP contribution in [0.4, 0.5) is 0 Å². The van der Waals surface area contributed by atoms with Crippen LogP contribution in [-0.4, -0.2) is 37.1 Å². The van der Waals surface area contributed by atoms with Crippen LogP contribution in [-0.2, 0) is 0 Å². The lowest BCUT2D eigenvalue weighted by Gasteiger charge is -2.29. The van der Waals surface area contributed by atoms with Crippen molar-refractivity contribution < 1.29 is 0 Å². The van der Waals surface area contributed by atoms with Crippen LogP contribution in [0.3, 0.4) is 0 Å². The van der Waals surface area contributed by atoms with Crippen molar-refractivity contribution in [2.45, 2.75) is 57.9 Å². The maximum Gasteiger partial charge on any atom is 0.00675 e. The van der Waals surface area contributed by atoms with E-state index in [9.17, 15) is 0 Å². The summed E-state index contributed by atoms with van der Waals surface area (Å²) in [6.07, 6.45) is 6.64. The van der Waals surface area contributed by atoms with Crippen LogP contribution < -0.4 is 5.32 Å². The van der Waals surface area contributed by atoms with E-state index in [0.717, 1.165) is 12.0 Å². The molecule has 118 valence electrons. The van der Waals surface area contributed by atoms with Crippen molar-refractivity contribution in [3.8, 4) is 0 Å². The Morgan fingerprint density at radius 1 is 1.00 bits per heavy atom. The van der Waals surface area contributed by atoms with Gasteiger partial charge in [-0.2, -0.15) is 0 Å². The van der Waals surface area contributed by atoms with Gasteiger partial charge in [-0.25, -0.2) is 0 Å². The summed E-state index contributed by atoms with van der Waals surface area (Å²) in [7, 11) is 0. The van der Waals surface area contributed by atoms with E-state index in [2.05, 4.69) is 54.4 Å². The molecule has 0 heterocycles. The Morgan fingerprint density at radius 2 is 1.67 bits per heavy atom. The maximum absolute atomic E-state index is 3.77. The Labute approximate surface area is 130 Å². The van der Waals surface area contributed by atoms with Crippen molar-refractivity contribution >= 4 is 0 Å². The summed E-state index contributed by atoms with van der Waals surface area (Å²) in [6.45, 7) is 9.28. The molecule has 0 radical (unpaired) electrons. The molecule has 1 aromatic carbocycles. The third-order valence-corrected chi connectivity index (χ3v) is 4.98. The molecule has 0 unspecified atom stereocenters. The molecule has 0 aliphatic heterocycles. The van der Waals surface area contributed by atoms with Crippen molar-refractivity contribution in [3.63, 3.8) is 0 Å². The lowest BCUT2D eigenvalue weighted by atomic mass is 9.82. The number of rotatable bonds is 8. The molecule has 2 heteroatoms. The summed E-state index contributed by atoms with van der Waals surface area (Å²) >= 11 is 0.